The van der Waals surface area contributed by atoms with Gasteiger partial charge < -0.3 is 9.80 Å². The molecule has 0 aliphatic carbocycles. The molecule has 0 unspecified atom stereocenters. The topological polar surface area (TPSA) is 53.7 Å². The fourth-order valence-corrected chi connectivity index (χ4v) is 4.50. The Hall–Kier alpha value is -2.31. The van der Waals surface area contributed by atoms with Crippen molar-refractivity contribution in [1.82, 2.24) is 24.4 Å². The van der Waals surface area contributed by atoms with Crippen LogP contribution in [0.3, 0.4) is 0 Å². The number of halogens is 6. The number of piperazine rings is 1. The highest BCUT2D eigenvalue weighted by molar-refractivity contribution is 7.19. The predicted octanol–water partition coefficient (Wildman–Crippen LogP) is 4.54. The summed E-state index contributed by atoms with van der Waals surface area (Å²) in [6, 6.07) is 3.57. The molecule has 0 bridgehead atoms. The minimum Gasteiger partial charge on any atom is -0.336 e. The van der Waals surface area contributed by atoms with Gasteiger partial charge in [-0.15, -0.1) is 11.3 Å². The molecule has 0 radical (unpaired) electrons. The van der Waals surface area contributed by atoms with Gasteiger partial charge in [-0.25, -0.2) is 9.50 Å². The zero-order chi connectivity index (χ0) is 23.3. The van der Waals surface area contributed by atoms with Gasteiger partial charge in [-0.3, -0.25) is 4.79 Å². The summed E-state index contributed by atoms with van der Waals surface area (Å²) >= 11 is 6.87. The van der Waals surface area contributed by atoms with E-state index >= 15 is 0 Å². The minimum absolute atomic E-state index is 0.140. The molecule has 0 aromatic carbocycles. The van der Waals surface area contributed by atoms with Gasteiger partial charge in [0, 0.05) is 26.2 Å². The Morgan fingerprint density at radius 3 is 2.41 bits per heavy atom. The van der Waals surface area contributed by atoms with Crippen molar-refractivity contribution in [2.24, 2.45) is 0 Å². The molecule has 4 heterocycles. The standard InChI is InChI=1S/C19H17ClF5N5OS/c1-2-28-5-7-29(8-6-28)17(31)11-10-26-30-14(18(21,22)19(23,24)25)9-12(27-16(11)30)13-3-4-15(20)32-13/h3-4,9-10H,2,5-8H2,1H3. The number of fused-ring (bicyclic) bond motifs is 1. The van der Waals surface area contributed by atoms with Crippen LogP contribution in [0.1, 0.15) is 23.0 Å². The first kappa shape index (κ1) is 22.9. The first-order valence-electron chi connectivity index (χ1n) is 9.64. The third-order valence-corrected chi connectivity index (χ3v) is 6.57. The molecule has 0 saturated carbocycles. The van der Waals surface area contributed by atoms with Crippen LogP contribution in [0.4, 0.5) is 22.0 Å². The molecule has 4 rings (SSSR count). The van der Waals surface area contributed by atoms with E-state index in [2.05, 4.69) is 15.0 Å². The average molecular weight is 494 g/mol. The third kappa shape index (κ3) is 3.95. The van der Waals surface area contributed by atoms with Crippen LogP contribution in [0.15, 0.2) is 24.4 Å². The zero-order valence-corrected chi connectivity index (χ0v) is 18.2. The van der Waals surface area contributed by atoms with Gasteiger partial charge >= 0.3 is 12.1 Å². The summed E-state index contributed by atoms with van der Waals surface area (Å²) in [6.45, 7) is 4.87. The molecule has 6 nitrogen and oxygen atoms in total. The number of nitrogens with zero attached hydrogens (tertiary/aromatic N) is 5. The van der Waals surface area contributed by atoms with Crippen LogP contribution in [0.5, 0.6) is 0 Å². The fraction of sp³-hybridized carbons (Fsp3) is 0.421. The first-order valence-corrected chi connectivity index (χ1v) is 10.8. The highest BCUT2D eigenvalue weighted by Gasteiger charge is 2.60. The lowest BCUT2D eigenvalue weighted by atomic mass is 10.1. The molecule has 13 heteroatoms. The smallest absolute Gasteiger partial charge is 0.336 e. The summed E-state index contributed by atoms with van der Waals surface area (Å²) in [5.41, 5.74) is -2.09. The van der Waals surface area contributed by atoms with Gasteiger partial charge in [-0.1, -0.05) is 18.5 Å². The molecular weight excluding hydrogens is 477 g/mol. The number of aromatic nitrogens is 3. The van der Waals surface area contributed by atoms with E-state index < -0.39 is 23.7 Å². The van der Waals surface area contributed by atoms with E-state index in [-0.39, 0.29) is 21.8 Å². The lowest BCUT2D eigenvalue weighted by Crippen LogP contribution is -2.48. The molecule has 1 aliphatic rings. The van der Waals surface area contributed by atoms with E-state index in [1.54, 1.807) is 0 Å². The molecule has 3 aromatic rings. The number of thiophene rings is 1. The van der Waals surface area contributed by atoms with Crippen molar-refractivity contribution >= 4 is 34.5 Å². The van der Waals surface area contributed by atoms with Gasteiger partial charge in [-0.2, -0.15) is 27.1 Å². The maximum absolute atomic E-state index is 14.4. The molecule has 1 saturated heterocycles. The van der Waals surface area contributed by atoms with E-state index in [0.717, 1.165) is 24.1 Å². The van der Waals surface area contributed by atoms with Gasteiger partial charge in [0.2, 0.25) is 0 Å². The molecule has 32 heavy (non-hydrogen) atoms. The Balaban J connectivity index is 1.84. The van der Waals surface area contributed by atoms with Crippen molar-refractivity contribution < 1.29 is 26.7 Å². The molecule has 0 spiro atoms. The predicted molar refractivity (Wildman–Crippen MR) is 109 cm³/mol. The van der Waals surface area contributed by atoms with Crippen molar-refractivity contribution in [3.05, 3.63) is 40.0 Å². The monoisotopic (exact) mass is 493 g/mol. The molecule has 0 atom stereocenters. The summed E-state index contributed by atoms with van der Waals surface area (Å²) in [5, 5.41) is 3.68. The summed E-state index contributed by atoms with van der Waals surface area (Å²) in [6.07, 6.45) is -4.88. The number of rotatable bonds is 4. The Bertz CT molecular complexity index is 1150. The molecule has 1 aliphatic heterocycles. The Kier molecular flexibility index (Phi) is 5.88. The van der Waals surface area contributed by atoms with Crippen molar-refractivity contribution in [3.63, 3.8) is 0 Å². The Morgan fingerprint density at radius 2 is 1.84 bits per heavy atom. The number of hydrogen-bond acceptors (Lipinski definition) is 5. The van der Waals surface area contributed by atoms with E-state index in [4.69, 9.17) is 11.6 Å². The van der Waals surface area contributed by atoms with Gasteiger partial charge in [0.15, 0.2) is 5.65 Å². The van der Waals surface area contributed by atoms with Gasteiger partial charge in [0.1, 0.15) is 11.3 Å². The van der Waals surface area contributed by atoms with Gasteiger partial charge in [0.25, 0.3) is 5.91 Å². The van der Waals surface area contributed by atoms with Crippen molar-refractivity contribution in [1.29, 1.82) is 0 Å². The van der Waals surface area contributed by atoms with Crippen LogP contribution in [-0.2, 0) is 5.92 Å². The number of likely N-dealkylation sites (N-methyl/N-ethyl adjacent to an activating group) is 1. The summed E-state index contributed by atoms with van der Waals surface area (Å²) in [5.74, 6) is -5.74. The second kappa shape index (κ2) is 8.23. The summed E-state index contributed by atoms with van der Waals surface area (Å²) in [4.78, 5) is 21.2. The van der Waals surface area contributed by atoms with Gasteiger partial charge in [0.05, 0.1) is 21.1 Å². The molecule has 1 amide bonds. The Morgan fingerprint density at radius 1 is 1.16 bits per heavy atom. The number of carbonyl (C=O) groups is 1. The maximum atomic E-state index is 14.4. The molecule has 1 fully saturated rings. The summed E-state index contributed by atoms with van der Waals surface area (Å²) < 4.78 is 69.1. The molecule has 3 aromatic heterocycles. The van der Waals surface area contributed by atoms with Crippen LogP contribution in [0, 0.1) is 0 Å². The van der Waals surface area contributed by atoms with Gasteiger partial charge in [-0.05, 0) is 24.7 Å². The molecule has 0 N–H and O–H groups in total. The van der Waals surface area contributed by atoms with Crippen molar-refractivity contribution in [3.8, 4) is 10.6 Å². The lowest BCUT2D eigenvalue weighted by Gasteiger charge is -2.33. The average Bonchev–Trinajstić information content (AvgIpc) is 3.38. The molecular formula is C19H17ClF5N5OS. The normalized spacial score (nSPS) is 16.2. The molecule has 172 valence electrons. The highest BCUT2D eigenvalue weighted by Crippen LogP contribution is 2.45. The van der Waals surface area contributed by atoms with Crippen LogP contribution in [0.2, 0.25) is 4.34 Å². The van der Waals surface area contributed by atoms with Crippen molar-refractivity contribution in [2.45, 2.75) is 19.0 Å². The second-order valence-corrected chi connectivity index (χ2v) is 8.94. The van der Waals surface area contributed by atoms with Crippen LogP contribution < -0.4 is 0 Å². The second-order valence-electron chi connectivity index (χ2n) is 7.22. The zero-order valence-electron chi connectivity index (χ0n) is 16.7. The SMILES string of the molecule is CCN1CCN(C(=O)c2cnn3c(C(F)(F)C(F)(F)F)cc(-c4ccc(Cl)s4)nc23)CC1. The quantitative estimate of drug-likeness (QED) is 0.501. The van der Waals surface area contributed by atoms with E-state index in [9.17, 15) is 26.7 Å². The lowest BCUT2D eigenvalue weighted by molar-refractivity contribution is -0.291. The first-order chi connectivity index (χ1) is 15.0. The fourth-order valence-electron chi connectivity index (χ4n) is 3.50. The van der Waals surface area contributed by atoms with Crippen molar-refractivity contribution in [2.75, 3.05) is 32.7 Å². The minimum atomic E-state index is -5.86. The van der Waals surface area contributed by atoms with Crippen LogP contribution >= 0.6 is 22.9 Å². The third-order valence-electron chi connectivity index (χ3n) is 5.31. The van der Waals surface area contributed by atoms with E-state index in [0.29, 0.717) is 41.1 Å². The Labute approximate surface area is 188 Å². The highest BCUT2D eigenvalue weighted by atomic mass is 35.5. The number of hydrogen-bond donors (Lipinski definition) is 0. The largest absolute Gasteiger partial charge is 0.459 e. The van der Waals surface area contributed by atoms with E-state index in [1.807, 2.05) is 6.92 Å². The number of amides is 1. The summed E-state index contributed by atoms with van der Waals surface area (Å²) in [7, 11) is 0. The van der Waals surface area contributed by atoms with E-state index in [1.165, 1.54) is 17.0 Å². The number of alkyl halides is 5. The maximum Gasteiger partial charge on any atom is 0.459 e. The number of carbonyl (C=O) groups excluding carboxylic acids is 1. The van der Waals surface area contributed by atoms with Crippen LogP contribution in [-0.4, -0.2) is 69.2 Å². The van der Waals surface area contributed by atoms with Crippen LogP contribution in [0.25, 0.3) is 16.2 Å².